The van der Waals surface area contributed by atoms with Crippen LogP contribution in [0.3, 0.4) is 0 Å². The zero-order valence-electron chi connectivity index (χ0n) is 16.5. The van der Waals surface area contributed by atoms with Gasteiger partial charge in [0.05, 0.1) is 30.1 Å². The molecule has 7 nitrogen and oxygen atoms in total. The average Bonchev–Trinajstić information content (AvgIpc) is 3.27. The number of nitrogens with one attached hydrogen (secondary N) is 1. The summed E-state index contributed by atoms with van der Waals surface area (Å²) in [6.45, 7) is 3.00. The summed E-state index contributed by atoms with van der Waals surface area (Å²) >= 11 is 0. The number of rotatable bonds is 4. The number of aromatic nitrogens is 1. The van der Waals surface area contributed by atoms with Gasteiger partial charge in [0.15, 0.2) is 5.76 Å². The maximum absolute atomic E-state index is 12.8. The molecule has 2 aromatic heterocycles. The Kier molecular flexibility index (Phi) is 5.20. The van der Waals surface area contributed by atoms with Crippen LogP contribution in [0.1, 0.15) is 39.4 Å². The fraction of sp³-hybridized carbons (Fsp3) is 0.318. The van der Waals surface area contributed by atoms with Gasteiger partial charge in [-0.05, 0) is 50.1 Å². The topological polar surface area (TPSA) is 84.7 Å². The van der Waals surface area contributed by atoms with Crippen LogP contribution >= 0.6 is 0 Å². The fourth-order valence-corrected chi connectivity index (χ4v) is 3.65. The molecule has 3 heterocycles. The molecule has 1 aliphatic rings. The number of methoxy groups -OCH3 is 1. The minimum atomic E-state index is -0.136. The molecule has 1 N–H and O–H groups in total. The number of aryl methyl sites for hydroxylation is 1. The van der Waals surface area contributed by atoms with Gasteiger partial charge in [-0.25, -0.2) is 0 Å². The molecule has 0 atom stereocenters. The summed E-state index contributed by atoms with van der Waals surface area (Å²) in [5.41, 5.74) is 2.04. The molecule has 0 unspecified atom stereocenters. The van der Waals surface area contributed by atoms with Gasteiger partial charge in [-0.1, -0.05) is 0 Å². The van der Waals surface area contributed by atoms with Gasteiger partial charge in [-0.2, -0.15) is 0 Å². The lowest BCUT2D eigenvalue weighted by molar-refractivity contribution is 0.0667. The Balaban J connectivity index is 1.41. The summed E-state index contributed by atoms with van der Waals surface area (Å²) in [6, 6.07) is 10.9. The van der Waals surface area contributed by atoms with E-state index in [0.717, 1.165) is 16.7 Å². The van der Waals surface area contributed by atoms with Gasteiger partial charge in [0, 0.05) is 30.6 Å². The lowest BCUT2D eigenvalue weighted by Gasteiger charge is -2.32. The summed E-state index contributed by atoms with van der Waals surface area (Å²) in [4.78, 5) is 31.5. The second-order valence-electron chi connectivity index (χ2n) is 7.20. The number of piperidine rings is 1. The molecule has 1 aliphatic heterocycles. The molecular weight excluding hydrogens is 370 g/mol. The van der Waals surface area contributed by atoms with Crippen LogP contribution in [0.5, 0.6) is 5.75 Å². The highest BCUT2D eigenvalue weighted by Gasteiger charge is 2.26. The second-order valence-corrected chi connectivity index (χ2v) is 7.20. The smallest absolute Gasteiger partial charge is 0.289 e. The average molecular weight is 393 g/mol. The summed E-state index contributed by atoms with van der Waals surface area (Å²) in [5, 5.41) is 3.98. The second kappa shape index (κ2) is 7.95. The van der Waals surface area contributed by atoms with Crippen LogP contribution in [0.15, 0.2) is 47.1 Å². The predicted molar refractivity (Wildman–Crippen MR) is 108 cm³/mol. The Morgan fingerprint density at radius 1 is 1.21 bits per heavy atom. The van der Waals surface area contributed by atoms with Crippen molar-refractivity contribution in [2.24, 2.45) is 0 Å². The number of hydrogen-bond acceptors (Lipinski definition) is 5. The fourth-order valence-electron chi connectivity index (χ4n) is 3.65. The highest BCUT2D eigenvalue weighted by molar-refractivity contribution is 5.99. The van der Waals surface area contributed by atoms with Crippen molar-refractivity contribution >= 4 is 22.7 Å². The van der Waals surface area contributed by atoms with E-state index in [2.05, 4.69) is 10.3 Å². The van der Waals surface area contributed by atoms with Gasteiger partial charge in [-0.3, -0.25) is 14.6 Å². The number of nitrogens with zero attached hydrogens (tertiary/aromatic N) is 2. The number of ether oxygens (including phenoxy) is 1. The number of likely N-dealkylation sites (tertiary alicyclic amines) is 1. The standard InChI is InChI=1S/C22H23N3O4/c1-14-18(12-15-5-6-17(28-2)13-19(15)23-14)21(26)24-16-7-9-25(10-8-16)22(27)20-4-3-11-29-20/h3-6,11-13,16H,7-10H2,1-2H3,(H,24,26). The molecule has 0 bridgehead atoms. The number of amides is 2. The minimum absolute atomic E-state index is 0.0223. The molecule has 0 radical (unpaired) electrons. The highest BCUT2D eigenvalue weighted by Crippen LogP contribution is 2.22. The van der Waals surface area contributed by atoms with Crippen molar-refractivity contribution in [3.63, 3.8) is 0 Å². The predicted octanol–water partition coefficient (Wildman–Crippen LogP) is 3.18. The van der Waals surface area contributed by atoms with Crippen LogP contribution in [0.2, 0.25) is 0 Å². The lowest BCUT2D eigenvalue weighted by atomic mass is 10.0. The lowest BCUT2D eigenvalue weighted by Crippen LogP contribution is -2.46. The molecule has 4 rings (SSSR count). The number of furan rings is 1. The molecule has 150 valence electrons. The first kappa shape index (κ1) is 19.0. The van der Waals surface area contributed by atoms with Gasteiger partial charge < -0.3 is 19.4 Å². The SMILES string of the molecule is COc1ccc2cc(C(=O)NC3CCN(C(=O)c4ccco4)CC3)c(C)nc2c1. The number of hydrogen-bond donors (Lipinski definition) is 1. The normalized spacial score (nSPS) is 14.8. The summed E-state index contributed by atoms with van der Waals surface area (Å²) in [6.07, 6.45) is 2.90. The maximum Gasteiger partial charge on any atom is 0.289 e. The molecule has 0 aliphatic carbocycles. The van der Waals surface area contributed by atoms with Gasteiger partial charge in [0.2, 0.25) is 0 Å². The third-order valence-corrected chi connectivity index (χ3v) is 5.31. The first-order chi connectivity index (χ1) is 14.0. The van der Waals surface area contributed by atoms with Crippen molar-refractivity contribution in [2.75, 3.05) is 20.2 Å². The van der Waals surface area contributed by atoms with E-state index in [0.29, 0.717) is 42.9 Å². The largest absolute Gasteiger partial charge is 0.497 e. The minimum Gasteiger partial charge on any atom is -0.497 e. The molecule has 1 fully saturated rings. The van der Waals surface area contributed by atoms with Crippen molar-refractivity contribution in [3.05, 3.63) is 59.7 Å². The van der Waals surface area contributed by atoms with Crippen LogP contribution in [0.25, 0.3) is 10.9 Å². The Labute approximate surface area is 168 Å². The summed E-state index contributed by atoms with van der Waals surface area (Å²) < 4.78 is 10.4. The van der Waals surface area contributed by atoms with Gasteiger partial charge in [-0.15, -0.1) is 0 Å². The Hall–Kier alpha value is -3.35. The van der Waals surface area contributed by atoms with Crippen LogP contribution in [-0.4, -0.2) is 47.9 Å². The third-order valence-electron chi connectivity index (χ3n) is 5.31. The summed E-state index contributed by atoms with van der Waals surface area (Å²) in [5.74, 6) is 0.841. The first-order valence-electron chi connectivity index (χ1n) is 9.64. The highest BCUT2D eigenvalue weighted by atomic mass is 16.5. The van der Waals surface area contributed by atoms with Crippen molar-refractivity contribution < 1.29 is 18.7 Å². The molecule has 1 saturated heterocycles. The number of benzene rings is 1. The van der Waals surface area contributed by atoms with E-state index in [4.69, 9.17) is 9.15 Å². The monoisotopic (exact) mass is 393 g/mol. The number of pyridine rings is 1. The molecule has 0 saturated carbocycles. The maximum atomic E-state index is 12.8. The van der Waals surface area contributed by atoms with Crippen molar-refractivity contribution in [1.29, 1.82) is 0 Å². The van der Waals surface area contributed by atoms with E-state index in [1.54, 1.807) is 24.1 Å². The van der Waals surface area contributed by atoms with Gasteiger partial charge >= 0.3 is 0 Å². The molecule has 0 spiro atoms. The van der Waals surface area contributed by atoms with E-state index in [9.17, 15) is 9.59 Å². The summed E-state index contributed by atoms with van der Waals surface area (Å²) in [7, 11) is 1.61. The zero-order chi connectivity index (χ0) is 20.4. The van der Waals surface area contributed by atoms with Crippen LogP contribution in [-0.2, 0) is 0 Å². The molecule has 7 heteroatoms. The Morgan fingerprint density at radius 3 is 2.69 bits per heavy atom. The van der Waals surface area contributed by atoms with Gasteiger partial charge in [0.1, 0.15) is 5.75 Å². The van der Waals surface area contributed by atoms with E-state index < -0.39 is 0 Å². The zero-order valence-corrected chi connectivity index (χ0v) is 16.5. The molecule has 1 aromatic carbocycles. The van der Waals surface area contributed by atoms with Crippen LogP contribution < -0.4 is 10.1 Å². The van der Waals surface area contributed by atoms with Crippen LogP contribution in [0, 0.1) is 6.92 Å². The first-order valence-corrected chi connectivity index (χ1v) is 9.64. The quantitative estimate of drug-likeness (QED) is 0.736. The number of fused-ring (bicyclic) bond motifs is 1. The van der Waals surface area contributed by atoms with Gasteiger partial charge in [0.25, 0.3) is 11.8 Å². The van der Waals surface area contributed by atoms with E-state index in [-0.39, 0.29) is 17.9 Å². The van der Waals surface area contributed by atoms with Crippen molar-refractivity contribution in [1.82, 2.24) is 15.2 Å². The van der Waals surface area contributed by atoms with E-state index in [1.165, 1.54) is 6.26 Å². The Morgan fingerprint density at radius 2 is 2.00 bits per heavy atom. The molecular formula is C22H23N3O4. The number of carbonyl (C=O) groups is 2. The Bertz CT molecular complexity index is 1040. The van der Waals surface area contributed by atoms with E-state index in [1.807, 2.05) is 31.2 Å². The van der Waals surface area contributed by atoms with Crippen molar-refractivity contribution in [3.8, 4) is 5.75 Å². The molecule has 29 heavy (non-hydrogen) atoms. The van der Waals surface area contributed by atoms with Crippen LogP contribution in [0.4, 0.5) is 0 Å². The molecule has 3 aromatic rings. The third kappa shape index (κ3) is 3.94. The molecule has 2 amide bonds. The number of carbonyl (C=O) groups excluding carboxylic acids is 2. The van der Waals surface area contributed by atoms with E-state index >= 15 is 0 Å². The van der Waals surface area contributed by atoms with Crippen molar-refractivity contribution in [2.45, 2.75) is 25.8 Å².